The third-order valence-electron chi connectivity index (χ3n) is 6.13. The second-order valence-corrected chi connectivity index (χ2v) is 8.85. The van der Waals surface area contributed by atoms with Crippen LogP contribution in [0.1, 0.15) is 59.2 Å². The Kier molecular flexibility index (Phi) is 7.58. The highest BCUT2D eigenvalue weighted by atomic mass is 16.4. The Balaban J connectivity index is 1.79. The van der Waals surface area contributed by atoms with Crippen LogP contribution in [0.4, 0.5) is 21.9 Å². The van der Waals surface area contributed by atoms with Gasteiger partial charge in [-0.1, -0.05) is 37.0 Å². The molecule has 0 bridgehead atoms. The monoisotopic (exact) mass is 452 g/mol. The Labute approximate surface area is 193 Å². The number of nitrogens with one attached hydrogen (secondary N) is 3. The average molecular weight is 453 g/mol. The molecular weight excluding hydrogens is 420 g/mol. The van der Waals surface area contributed by atoms with E-state index < -0.39 is 23.9 Å². The molecule has 1 aliphatic carbocycles. The molecule has 2 aromatic carbocycles. The summed E-state index contributed by atoms with van der Waals surface area (Å²) < 4.78 is 0. The number of hydrogen-bond donors (Lipinski definition) is 5. The molecule has 1 fully saturated rings. The first-order chi connectivity index (χ1) is 15.7. The minimum Gasteiger partial charge on any atom is -0.480 e. The predicted octanol–water partition coefficient (Wildman–Crippen LogP) is 4.60. The highest BCUT2D eigenvalue weighted by molar-refractivity contribution is 6.08. The van der Waals surface area contributed by atoms with Gasteiger partial charge in [0.25, 0.3) is 5.91 Å². The molecule has 2 aromatic rings. The second-order valence-electron chi connectivity index (χ2n) is 8.85. The summed E-state index contributed by atoms with van der Waals surface area (Å²) in [6.07, 6.45) is 4.52. The Bertz CT molecular complexity index is 1040. The molecule has 0 spiro atoms. The van der Waals surface area contributed by atoms with Crippen LogP contribution in [0.2, 0.25) is 0 Å². The van der Waals surface area contributed by atoms with E-state index >= 15 is 0 Å². The lowest BCUT2D eigenvalue weighted by molar-refractivity contribution is -0.141. The minimum atomic E-state index is -1.05. The zero-order valence-corrected chi connectivity index (χ0v) is 19.3. The van der Waals surface area contributed by atoms with Gasteiger partial charge in [0.15, 0.2) is 0 Å². The standard InChI is InChI=1S/C25H32N4O4/c1-14-11-15(2)21(16(3)12-14)29-25(33)27-20-13-18(26)9-10-19(20)23(30)28-22(24(31)32)17-7-5-4-6-8-17/h9-13,17,22H,4-8,26H2,1-3H3,(H,28,30)(H,31,32)(H2,27,29,33)/t22-/m0/s1. The number of aryl methyl sites for hydroxylation is 3. The lowest BCUT2D eigenvalue weighted by Crippen LogP contribution is -2.46. The number of carbonyl (C=O) groups excluding carboxylic acids is 2. The van der Waals surface area contributed by atoms with Crippen LogP contribution in [-0.2, 0) is 4.79 Å². The van der Waals surface area contributed by atoms with Crippen molar-refractivity contribution < 1.29 is 19.5 Å². The van der Waals surface area contributed by atoms with Crippen LogP contribution in [0, 0.1) is 26.7 Å². The molecule has 0 radical (unpaired) electrons. The number of anilines is 3. The van der Waals surface area contributed by atoms with Crippen LogP contribution in [0.15, 0.2) is 30.3 Å². The molecule has 0 saturated heterocycles. The average Bonchev–Trinajstić information content (AvgIpc) is 2.75. The molecule has 3 amide bonds. The van der Waals surface area contributed by atoms with Crippen molar-refractivity contribution >= 4 is 35.0 Å². The summed E-state index contributed by atoms with van der Waals surface area (Å²) in [6, 6.07) is 6.96. The van der Waals surface area contributed by atoms with E-state index in [2.05, 4.69) is 16.0 Å². The summed E-state index contributed by atoms with van der Waals surface area (Å²) in [5.74, 6) is -1.73. The zero-order chi connectivity index (χ0) is 24.1. The van der Waals surface area contributed by atoms with Gasteiger partial charge in [0, 0.05) is 11.4 Å². The molecule has 1 saturated carbocycles. The Morgan fingerprint density at radius 3 is 2.21 bits per heavy atom. The third-order valence-corrected chi connectivity index (χ3v) is 6.13. The van der Waals surface area contributed by atoms with Gasteiger partial charge in [0.1, 0.15) is 6.04 Å². The van der Waals surface area contributed by atoms with Gasteiger partial charge in [-0.05, 0) is 68.9 Å². The lowest BCUT2D eigenvalue weighted by Gasteiger charge is -2.28. The molecule has 6 N–H and O–H groups in total. The summed E-state index contributed by atoms with van der Waals surface area (Å²) in [5, 5.41) is 17.9. The van der Waals surface area contributed by atoms with Crippen LogP contribution < -0.4 is 21.7 Å². The van der Waals surface area contributed by atoms with Gasteiger partial charge in [0.05, 0.1) is 11.3 Å². The van der Waals surface area contributed by atoms with E-state index in [9.17, 15) is 19.5 Å². The Morgan fingerprint density at radius 1 is 0.970 bits per heavy atom. The molecule has 1 aliphatic rings. The first kappa shape index (κ1) is 24.1. The summed E-state index contributed by atoms with van der Waals surface area (Å²) in [7, 11) is 0. The van der Waals surface area contributed by atoms with Crippen molar-refractivity contribution in [1.82, 2.24) is 5.32 Å². The van der Waals surface area contributed by atoms with Gasteiger partial charge >= 0.3 is 12.0 Å². The number of carboxylic acids is 1. The van der Waals surface area contributed by atoms with Crippen molar-refractivity contribution in [3.63, 3.8) is 0 Å². The van der Waals surface area contributed by atoms with Gasteiger partial charge < -0.3 is 26.8 Å². The van der Waals surface area contributed by atoms with Crippen LogP contribution in [0.3, 0.4) is 0 Å². The van der Waals surface area contributed by atoms with Crippen molar-refractivity contribution in [2.75, 3.05) is 16.4 Å². The Morgan fingerprint density at radius 2 is 1.61 bits per heavy atom. The smallest absolute Gasteiger partial charge is 0.326 e. The Hall–Kier alpha value is -3.55. The van der Waals surface area contributed by atoms with Crippen LogP contribution in [-0.4, -0.2) is 29.1 Å². The van der Waals surface area contributed by atoms with Gasteiger partial charge in [-0.25, -0.2) is 9.59 Å². The molecule has 0 unspecified atom stereocenters. The van der Waals surface area contributed by atoms with Crippen LogP contribution in [0.5, 0.6) is 0 Å². The number of amides is 3. The maximum atomic E-state index is 13.0. The molecule has 1 atom stereocenters. The van der Waals surface area contributed by atoms with Gasteiger partial charge in [0.2, 0.25) is 0 Å². The molecule has 8 nitrogen and oxygen atoms in total. The summed E-state index contributed by atoms with van der Waals surface area (Å²) in [6.45, 7) is 5.80. The van der Waals surface area contributed by atoms with Gasteiger partial charge in [-0.15, -0.1) is 0 Å². The maximum Gasteiger partial charge on any atom is 0.326 e. The normalized spacial score (nSPS) is 14.9. The summed E-state index contributed by atoms with van der Waals surface area (Å²) >= 11 is 0. The second kappa shape index (κ2) is 10.4. The first-order valence-electron chi connectivity index (χ1n) is 11.2. The molecular formula is C25H32N4O4. The summed E-state index contributed by atoms with van der Waals surface area (Å²) in [4.78, 5) is 37.6. The van der Waals surface area contributed by atoms with Crippen molar-refractivity contribution in [1.29, 1.82) is 0 Å². The largest absolute Gasteiger partial charge is 0.480 e. The molecule has 176 valence electrons. The number of aliphatic carboxylic acids is 1. The highest BCUT2D eigenvalue weighted by Crippen LogP contribution is 2.28. The number of nitrogens with two attached hydrogens (primary N) is 1. The SMILES string of the molecule is Cc1cc(C)c(NC(=O)Nc2cc(N)ccc2C(=O)N[C@H](C(=O)O)C2CCCCC2)c(C)c1. The number of nitrogen functional groups attached to an aromatic ring is 1. The van der Waals surface area contributed by atoms with Crippen molar-refractivity contribution in [2.45, 2.75) is 58.9 Å². The molecule has 0 heterocycles. The van der Waals surface area contributed by atoms with E-state index in [1.54, 1.807) is 6.07 Å². The van der Waals surface area contributed by atoms with Crippen molar-refractivity contribution in [3.8, 4) is 0 Å². The fraction of sp³-hybridized carbons (Fsp3) is 0.400. The molecule has 0 aromatic heterocycles. The van der Waals surface area contributed by atoms with Crippen molar-refractivity contribution in [2.24, 2.45) is 5.92 Å². The van der Waals surface area contributed by atoms with E-state index in [1.807, 2.05) is 32.9 Å². The zero-order valence-electron chi connectivity index (χ0n) is 19.3. The van der Waals surface area contributed by atoms with E-state index in [0.29, 0.717) is 11.4 Å². The maximum absolute atomic E-state index is 13.0. The van der Waals surface area contributed by atoms with Gasteiger partial charge in [-0.2, -0.15) is 0 Å². The third kappa shape index (κ3) is 6.03. The highest BCUT2D eigenvalue weighted by Gasteiger charge is 2.31. The lowest BCUT2D eigenvalue weighted by atomic mass is 9.84. The quantitative estimate of drug-likeness (QED) is 0.408. The fourth-order valence-corrected chi connectivity index (χ4v) is 4.58. The van der Waals surface area contributed by atoms with Crippen LogP contribution >= 0.6 is 0 Å². The van der Waals surface area contributed by atoms with E-state index in [1.165, 1.54) is 12.1 Å². The van der Waals surface area contributed by atoms with Crippen molar-refractivity contribution in [3.05, 3.63) is 52.6 Å². The van der Waals surface area contributed by atoms with E-state index in [4.69, 9.17) is 5.73 Å². The first-order valence-corrected chi connectivity index (χ1v) is 11.2. The predicted molar refractivity (Wildman–Crippen MR) is 130 cm³/mol. The molecule has 8 heteroatoms. The number of carboxylic acid groups (broad SMARTS) is 1. The number of carbonyl (C=O) groups is 3. The number of rotatable bonds is 6. The number of benzene rings is 2. The minimum absolute atomic E-state index is 0.110. The number of hydrogen-bond acceptors (Lipinski definition) is 4. The summed E-state index contributed by atoms with van der Waals surface area (Å²) in [5.41, 5.74) is 10.2. The van der Waals surface area contributed by atoms with Crippen LogP contribution in [0.25, 0.3) is 0 Å². The molecule has 3 rings (SSSR count). The molecule has 0 aliphatic heterocycles. The van der Waals surface area contributed by atoms with E-state index in [-0.39, 0.29) is 17.2 Å². The molecule has 33 heavy (non-hydrogen) atoms. The fourth-order valence-electron chi connectivity index (χ4n) is 4.58. The topological polar surface area (TPSA) is 134 Å². The van der Waals surface area contributed by atoms with Gasteiger partial charge in [-0.3, -0.25) is 4.79 Å². The van der Waals surface area contributed by atoms with E-state index in [0.717, 1.165) is 48.8 Å². The number of urea groups is 1.